The zero-order valence-electron chi connectivity index (χ0n) is 21.0. The van der Waals surface area contributed by atoms with E-state index in [4.69, 9.17) is 9.47 Å². The molecule has 0 bridgehead atoms. The molecule has 9 nitrogen and oxygen atoms in total. The van der Waals surface area contributed by atoms with Gasteiger partial charge in [0.1, 0.15) is 11.6 Å². The Kier molecular flexibility index (Phi) is 7.34. The highest BCUT2D eigenvalue weighted by Gasteiger charge is 2.23. The molecule has 37 heavy (non-hydrogen) atoms. The number of ether oxygens (including phenoxy) is 2. The highest BCUT2D eigenvalue weighted by atomic mass is 16.5. The number of imidazole rings is 1. The van der Waals surface area contributed by atoms with Crippen LogP contribution in [0.2, 0.25) is 0 Å². The second-order valence-corrected chi connectivity index (χ2v) is 9.27. The minimum Gasteiger partial charge on any atom is -0.507 e. The second-order valence-electron chi connectivity index (χ2n) is 9.27. The van der Waals surface area contributed by atoms with Gasteiger partial charge in [0.05, 0.1) is 30.3 Å². The SMILES string of the molecule is COCCN1CCC(CNC(=O)c2ccc3nc(-c4cc(-c5cccnc5OC)ccc4O)[nH]c3c2)C1. The third-order valence-corrected chi connectivity index (χ3v) is 6.80. The predicted molar refractivity (Wildman–Crippen MR) is 142 cm³/mol. The van der Waals surface area contributed by atoms with Crippen molar-refractivity contribution in [3.8, 4) is 34.1 Å². The molecule has 0 saturated carbocycles. The number of phenols is 1. The lowest BCUT2D eigenvalue weighted by molar-refractivity contribution is 0.0947. The Labute approximate surface area is 215 Å². The van der Waals surface area contributed by atoms with Gasteiger partial charge in [-0.1, -0.05) is 6.07 Å². The van der Waals surface area contributed by atoms with Crippen molar-refractivity contribution >= 4 is 16.9 Å². The number of nitrogens with one attached hydrogen (secondary N) is 2. The Morgan fingerprint density at radius 1 is 1.19 bits per heavy atom. The molecule has 5 rings (SSSR count). The number of hydrogen-bond donors (Lipinski definition) is 3. The molecule has 3 heterocycles. The van der Waals surface area contributed by atoms with E-state index in [-0.39, 0.29) is 11.7 Å². The van der Waals surface area contributed by atoms with E-state index in [1.165, 1.54) is 0 Å². The average Bonchev–Trinajstić information content (AvgIpc) is 3.57. The highest BCUT2D eigenvalue weighted by molar-refractivity contribution is 5.97. The van der Waals surface area contributed by atoms with Gasteiger partial charge in [0, 0.05) is 44.1 Å². The van der Waals surface area contributed by atoms with Gasteiger partial charge in [-0.05, 0) is 66.9 Å². The maximum Gasteiger partial charge on any atom is 0.251 e. The molecule has 1 saturated heterocycles. The van der Waals surface area contributed by atoms with E-state index in [2.05, 4.69) is 25.2 Å². The zero-order valence-corrected chi connectivity index (χ0v) is 21.0. The first-order valence-corrected chi connectivity index (χ1v) is 12.4. The number of hydrogen-bond acceptors (Lipinski definition) is 7. The third-order valence-electron chi connectivity index (χ3n) is 6.80. The van der Waals surface area contributed by atoms with Crippen LogP contribution in [0, 0.1) is 5.92 Å². The van der Waals surface area contributed by atoms with Gasteiger partial charge in [-0.25, -0.2) is 9.97 Å². The summed E-state index contributed by atoms with van der Waals surface area (Å²) in [6.07, 6.45) is 2.74. The summed E-state index contributed by atoms with van der Waals surface area (Å²) in [4.78, 5) is 27.4. The molecule has 1 aliphatic rings. The van der Waals surface area contributed by atoms with Crippen LogP contribution in [0.25, 0.3) is 33.5 Å². The number of phenolic OH excluding ortho intramolecular Hbond substituents is 1. The number of aromatic hydroxyl groups is 1. The molecular formula is C28H31N5O4. The number of carbonyl (C=O) groups is 1. The van der Waals surface area contributed by atoms with Crippen LogP contribution in [-0.2, 0) is 4.74 Å². The van der Waals surface area contributed by atoms with Crippen molar-refractivity contribution in [2.24, 2.45) is 5.92 Å². The topological polar surface area (TPSA) is 113 Å². The normalized spacial score (nSPS) is 15.8. The summed E-state index contributed by atoms with van der Waals surface area (Å²) < 4.78 is 10.6. The molecular weight excluding hydrogens is 470 g/mol. The van der Waals surface area contributed by atoms with Gasteiger partial charge in [-0.3, -0.25) is 4.79 Å². The van der Waals surface area contributed by atoms with Crippen molar-refractivity contribution in [1.29, 1.82) is 0 Å². The first-order valence-electron chi connectivity index (χ1n) is 12.4. The molecule has 2 aromatic heterocycles. The summed E-state index contributed by atoms with van der Waals surface area (Å²) in [5.74, 6) is 1.44. The molecule has 4 aromatic rings. The lowest BCUT2D eigenvalue weighted by Crippen LogP contribution is -2.31. The molecule has 0 radical (unpaired) electrons. The number of pyridine rings is 1. The van der Waals surface area contributed by atoms with Gasteiger partial charge >= 0.3 is 0 Å². The monoisotopic (exact) mass is 501 g/mol. The Morgan fingerprint density at radius 2 is 2.08 bits per heavy atom. The number of methoxy groups -OCH3 is 2. The summed E-state index contributed by atoms with van der Waals surface area (Å²) in [5, 5.41) is 13.7. The largest absolute Gasteiger partial charge is 0.507 e. The van der Waals surface area contributed by atoms with Crippen molar-refractivity contribution in [3.63, 3.8) is 0 Å². The maximum atomic E-state index is 12.9. The van der Waals surface area contributed by atoms with Crippen LogP contribution in [0.5, 0.6) is 11.6 Å². The number of likely N-dealkylation sites (tertiary alicyclic amines) is 1. The molecule has 1 aliphatic heterocycles. The van der Waals surface area contributed by atoms with Crippen molar-refractivity contribution in [1.82, 2.24) is 25.2 Å². The van der Waals surface area contributed by atoms with E-state index < -0.39 is 0 Å². The van der Waals surface area contributed by atoms with Gasteiger partial charge in [-0.15, -0.1) is 0 Å². The van der Waals surface area contributed by atoms with Crippen LogP contribution in [0.15, 0.2) is 54.7 Å². The minimum absolute atomic E-state index is 0.0970. The molecule has 1 fully saturated rings. The first-order chi connectivity index (χ1) is 18.1. The zero-order chi connectivity index (χ0) is 25.8. The second kappa shape index (κ2) is 11.0. The predicted octanol–water partition coefficient (Wildman–Crippen LogP) is 3.70. The summed E-state index contributed by atoms with van der Waals surface area (Å²) in [6, 6.07) is 14.4. The van der Waals surface area contributed by atoms with E-state index >= 15 is 0 Å². The van der Waals surface area contributed by atoms with E-state index in [9.17, 15) is 9.90 Å². The van der Waals surface area contributed by atoms with Crippen molar-refractivity contribution in [2.45, 2.75) is 6.42 Å². The van der Waals surface area contributed by atoms with E-state index in [0.717, 1.165) is 49.3 Å². The number of aromatic amines is 1. The standard InChI is InChI=1S/C28H31N5O4/c1-36-13-12-33-11-9-18(17-33)16-30-27(35)20-5-7-23-24(15-20)32-26(31-23)22-14-19(6-8-25(22)34)21-4-3-10-29-28(21)37-2/h3-8,10,14-15,18,34H,9,11-13,16-17H2,1-2H3,(H,30,35)(H,31,32). The Morgan fingerprint density at radius 3 is 2.92 bits per heavy atom. The van der Waals surface area contributed by atoms with Crippen LogP contribution in [0.3, 0.4) is 0 Å². The van der Waals surface area contributed by atoms with Crippen LogP contribution < -0.4 is 10.1 Å². The third kappa shape index (κ3) is 5.42. The smallest absolute Gasteiger partial charge is 0.251 e. The van der Waals surface area contributed by atoms with Gasteiger partial charge in [-0.2, -0.15) is 0 Å². The number of carbonyl (C=O) groups excluding carboxylic acids is 1. The fraction of sp³-hybridized carbons (Fsp3) is 0.321. The van der Waals surface area contributed by atoms with Gasteiger partial charge in [0.15, 0.2) is 0 Å². The highest BCUT2D eigenvalue weighted by Crippen LogP contribution is 2.35. The Hall–Kier alpha value is -3.95. The first kappa shape index (κ1) is 24.7. The fourth-order valence-corrected chi connectivity index (χ4v) is 4.79. The summed E-state index contributed by atoms with van der Waals surface area (Å²) in [7, 11) is 3.29. The maximum absolute atomic E-state index is 12.9. The van der Waals surface area contributed by atoms with Crippen LogP contribution >= 0.6 is 0 Å². The quantitative estimate of drug-likeness (QED) is 0.321. The summed E-state index contributed by atoms with van der Waals surface area (Å²) in [6.45, 7) is 4.31. The van der Waals surface area contributed by atoms with Crippen molar-refractivity contribution in [3.05, 3.63) is 60.3 Å². The number of benzene rings is 2. The lowest BCUT2D eigenvalue weighted by Gasteiger charge is -2.15. The number of rotatable bonds is 9. The lowest BCUT2D eigenvalue weighted by atomic mass is 10.0. The van der Waals surface area contributed by atoms with E-state index in [1.54, 1.807) is 38.6 Å². The van der Waals surface area contributed by atoms with Crippen molar-refractivity contribution in [2.75, 3.05) is 47.0 Å². The number of nitrogens with zero attached hydrogens (tertiary/aromatic N) is 3. The fourth-order valence-electron chi connectivity index (χ4n) is 4.79. The summed E-state index contributed by atoms with van der Waals surface area (Å²) >= 11 is 0. The molecule has 9 heteroatoms. The van der Waals surface area contributed by atoms with Crippen molar-refractivity contribution < 1.29 is 19.4 Å². The molecule has 0 spiro atoms. The van der Waals surface area contributed by atoms with E-state index in [0.29, 0.717) is 40.8 Å². The minimum atomic E-state index is -0.109. The Balaban J connectivity index is 1.32. The van der Waals surface area contributed by atoms with Gasteiger partial charge < -0.3 is 29.8 Å². The number of aromatic nitrogens is 3. The molecule has 2 aromatic carbocycles. The molecule has 1 amide bonds. The molecule has 3 N–H and O–H groups in total. The molecule has 1 unspecified atom stereocenters. The van der Waals surface area contributed by atoms with Crippen LogP contribution in [0.1, 0.15) is 16.8 Å². The average molecular weight is 502 g/mol. The molecule has 192 valence electrons. The van der Waals surface area contributed by atoms with E-state index in [1.807, 2.05) is 30.3 Å². The molecule has 0 aliphatic carbocycles. The Bertz CT molecular complexity index is 1400. The number of H-pyrrole nitrogens is 1. The van der Waals surface area contributed by atoms with Gasteiger partial charge in [0.2, 0.25) is 5.88 Å². The molecule has 1 atom stereocenters. The summed E-state index contributed by atoms with van der Waals surface area (Å²) in [5.41, 5.74) is 4.19. The van der Waals surface area contributed by atoms with Crippen LogP contribution in [-0.4, -0.2) is 77.9 Å². The van der Waals surface area contributed by atoms with Crippen LogP contribution in [0.4, 0.5) is 0 Å². The van der Waals surface area contributed by atoms with Gasteiger partial charge in [0.25, 0.3) is 5.91 Å². The number of fused-ring (bicyclic) bond motifs is 1. The number of amides is 1.